The third-order valence-corrected chi connectivity index (χ3v) is 10.5. The first kappa shape index (κ1) is 23.2. The van der Waals surface area contributed by atoms with Gasteiger partial charge in [0.25, 0.3) is 0 Å². The van der Waals surface area contributed by atoms with Gasteiger partial charge in [-0.3, -0.25) is 4.98 Å². The summed E-state index contributed by atoms with van der Waals surface area (Å²) in [7, 11) is -3.27. The van der Waals surface area contributed by atoms with Gasteiger partial charge in [-0.1, -0.05) is 72.8 Å². The normalized spacial score (nSPS) is 11.3. The topological polar surface area (TPSA) is 76.0 Å². The average Bonchev–Trinajstić information content (AvgIpc) is 2.91. The Bertz CT molecular complexity index is 1510. The standard InChI is InChI=1S/C28H19F2N3O2Si/c29-24-18-17-21(27(30)33-24)22-13-7-15-25(31-22)36(19-9-3-1-4-10-19,20-11-5-2-6-12-20)26-16-8-14-23(32-26)28(34)35/h1-18H,(H,34,35). The van der Waals surface area contributed by atoms with E-state index in [9.17, 15) is 18.7 Å². The lowest BCUT2D eigenvalue weighted by atomic mass is 10.2. The molecule has 0 aliphatic carbocycles. The fraction of sp³-hybridized carbons (Fsp3) is 0. The Morgan fingerprint density at radius 2 is 1.22 bits per heavy atom. The summed E-state index contributed by atoms with van der Waals surface area (Å²) in [6.07, 6.45) is 0. The monoisotopic (exact) mass is 495 g/mol. The maximum atomic E-state index is 14.6. The molecule has 0 bridgehead atoms. The van der Waals surface area contributed by atoms with Crippen LogP contribution in [0.15, 0.2) is 109 Å². The molecule has 0 unspecified atom stereocenters. The van der Waals surface area contributed by atoms with E-state index >= 15 is 0 Å². The van der Waals surface area contributed by atoms with Crippen LogP contribution < -0.4 is 21.0 Å². The molecule has 1 N–H and O–H groups in total. The van der Waals surface area contributed by atoms with E-state index < -0.39 is 25.9 Å². The summed E-state index contributed by atoms with van der Waals surface area (Å²) in [5.41, 5.74) is 0.270. The minimum absolute atomic E-state index is 0.0644. The lowest BCUT2D eigenvalue weighted by Gasteiger charge is -2.32. The number of aromatic nitrogens is 3. The number of benzene rings is 2. The van der Waals surface area contributed by atoms with Crippen molar-refractivity contribution in [3.63, 3.8) is 0 Å². The molecule has 5 aromatic rings. The second-order valence-corrected chi connectivity index (χ2v) is 11.8. The number of aromatic carboxylic acids is 1. The van der Waals surface area contributed by atoms with Gasteiger partial charge in [-0.25, -0.2) is 9.78 Å². The number of nitrogens with zero attached hydrogens (tertiary/aromatic N) is 3. The predicted molar refractivity (Wildman–Crippen MR) is 136 cm³/mol. The van der Waals surface area contributed by atoms with Gasteiger partial charge in [0.15, 0.2) is 0 Å². The Morgan fingerprint density at radius 1 is 0.639 bits per heavy atom. The number of carboxylic acids is 1. The van der Waals surface area contributed by atoms with E-state index in [-0.39, 0.29) is 17.0 Å². The van der Waals surface area contributed by atoms with Crippen LogP contribution in [-0.4, -0.2) is 34.1 Å². The number of carboxylic acid groups (broad SMARTS) is 1. The molecule has 5 rings (SSSR count). The van der Waals surface area contributed by atoms with E-state index in [1.54, 1.807) is 18.2 Å². The summed E-state index contributed by atoms with van der Waals surface area (Å²) >= 11 is 0. The summed E-state index contributed by atoms with van der Waals surface area (Å²) < 4.78 is 28.1. The lowest BCUT2D eigenvalue weighted by Crippen LogP contribution is -2.76. The van der Waals surface area contributed by atoms with Crippen LogP contribution in [0.1, 0.15) is 10.5 Å². The molecule has 0 aliphatic rings. The maximum Gasteiger partial charge on any atom is 0.354 e. The van der Waals surface area contributed by atoms with Crippen molar-refractivity contribution in [2.24, 2.45) is 0 Å². The van der Waals surface area contributed by atoms with Crippen molar-refractivity contribution in [1.29, 1.82) is 0 Å². The van der Waals surface area contributed by atoms with E-state index in [2.05, 4.69) is 9.97 Å². The molecule has 0 saturated carbocycles. The van der Waals surface area contributed by atoms with Crippen LogP contribution in [0.3, 0.4) is 0 Å². The number of hydrogen-bond acceptors (Lipinski definition) is 4. The van der Waals surface area contributed by atoms with Gasteiger partial charge in [-0.05, 0) is 46.8 Å². The van der Waals surface area contributed by atoms with Crippen LogP contribution in [0.4, 0.5) is 8.78 Å². The van der Waals surface area contributed by atoms with E-state index in [0.29, 0.717) is 10.6 Å². The number of rotatable bonds is 6. The summed E-state index contributed by atoms with van der Waals surface area (Å²) in [4.78, 5) is 24.6. The quantitative estimate of drug-likeness (QED) is 0.290. The second kappa shape index (κ2) is 9.59. The lowest BCUT2D eigenvalue weighted by molar-refractivity contribution is 0.0690. The molecule has 3 heterocycles. The third kappa shape index (κ3) is 4.07. The Labute approximate surface area is 206 Å². The molecule has 0 spiro atoms. The number of carbonyl (C=O) groups is 1. The van der Waals surface area contributed by atoms with Gasteiger partial charge in [0.05, 0.1) is 11.3 Å². The van der Waals surface area contributed by atoms with E-state index in [1.165, 1.54) is 12.1 Å². The molecule has 36 heavy (non-hydrogen) atoms. The van der Waals surface area contributed by atoms with E-state index in [1.807, 2.05) is 72.8 Å². The van der Waals surface area contributed by atoms with Crippen molar-refractivity contribution in [3.8, 4) is 11.3 Å². The van der Waals surface area contributed by atoms with Gasteiger partial charge >= 0.3 is 5.97 Å². The van der Waals surface area contributed by atoms with Crippen LogP contribution in [0.5, 0.6) is 0 Å². The molecule has 8 heteroatoms. The summed E-state index contributed by atoms with van der Waals surface area (Å²) in [5.74, 6) is -3.02. The Hall–Kier alpha value is -4.56. The maximum absolute atomic E-state index is 14.6. The molecular formula is C28H19F2N3O2Si. The van der Waals surface area contributed by atoms with Crippen LogP contribution >= 0.6 is 0 Å². The molecule has 176 valence electrons. The van der Waals surface area contributed by atoms with Gasteiger partial charge in [0.1, 0.15) is 5.69 Å². The predicted octanol–water partition coefficient (Wildman–Crippen LogP) is 2.89. The van der Waals surface area contributed by atoms with Crippen molar-refractivity contribution in [2.75, 3.05) is 0 Å². The van der Waals surface area contributed by atoms with Gasteiger partial charge in [0, 0.05) is 10.6 Å². The highest BCUT2D eigenvalue weighted by molar-refractivity contribution is 7.19. The van der Waals surface area contributed by atoms with Gasteiger partial charge in [-0.15, -0.1) is 0 Å². The molecule has 0 atom stereocenters. The average molecular weight is 496 g/mol. The Balaban J connectivity index is 1.87. The molecule has 0 amide bonds. The SMILES string of the molecule is O=C(O)c1cccc([Si](c2ccccc2)(c2ccccc2)c2cccc(-c3ccc(F)nc3F)n2)n1. The van der Waals surface area contributed by atoms with Crippen LogP contribution in [0.2, 0.25) is 0 Å². The molecule has 0 fully saturated rings. The first-order valence-corrected chi connectivity index (χ1v) is 13.1. The number of halogens is 2. The zero-order valence-electron chi connectivity index (χ0n) is 18.8. The zero-order valence-corrected chi connectivity index (χ0v) is 19.8. The zero-order chi connectivity index (χ0) is 25.1. The van der Waals surface area contributed by atoms with Crippen molar-refractivity contribution >= 4 is 35.1 Å². The van der Waals surface area contributed by atoms with Crippen LogP contribution in [0, 0.1) is 11.9 Å². The molecule has 2 aromatic carbocycles. The smallest absolute Gasteiger partial charge is 0.354 e. The number of pyridine rings is 3. The summed E-state index contributed by atoms with van der Waals surface area (Å²) in [6.45, 7) is 0. The Morgan fingerprint density at radius 3 is 1.81 bits per heavy atom. The third-order valence-electron chi connectivity index (χ3n) is 5.99. The molecular weight excluding hydrogens is 476 g/mol. The first-order valence-electron chi connectivity index (χ1n) is 11.1. The fourth-order valence-corrected chi connectivity index (χ4v) is 8.86. The summed E-state index contributed by atoms with van der Waals surface area (Å²) in [5, 5.41) is 12.7. The van der Waals surface area contributed by atoms with Gasteiger partial charge in [0.2, 0.25) is 20.0 Å². The largest absolute Gasteiger partial charge is 0.477 e. The fourth-order valence-electron chi connectivity index (χ4n) is 4.43. The van der Waals surface area contributed by atoms with Crippen molar-refractivity contribution in [1.82, 2.24) is 15.0 Å². The molecule has 0 radical (unpaired) electrons. The van der Waals surface area contributed by atoms with Gasteiger partial charge < -0.3 is 5.11 Å². The summed E-state index contributed by atoms with van der Waals surface area (Å²) in [6, 6.07) is 31.9. The number of hydrogen-bond donors (Lipinski definition) is 1. The minimum atomic E-state index is -3.27. The first-order chi connectivity index (χ1) is 17.5. The molecule has 0 saturated heterocycles. The second-order valence-electron chi connectivity index (χ2n) is 8.08. The van der Waals surface area contributed by atoms with Crippen molar-refractivity contribution in [2.45, 2.75) is 0 Å². The van der Waals surface area contributed by atoms with Crippen LogP contribution in [-0.2, 0) is 0 Å². The highest BCUT2D eigenvalue weighted by atomic mass is 28.3. The van der Waals surface area contributed by atoms with E-state index in [4.69, 9.17) is 4.98 Å². The molecule has 0 aliphatic heterocycles. The minimum Gasteiger partial charge on any atom is -0.477 e. The highest BCUT2D eigenvalue weighted by Gasteiger charge is 2.45. The Kier molecular flexibility index (Phi) is 6.18. The van der Waals surface area contributed by atoms with Gasteiger partial charge in [-0.2, -0.15) is 13.8 Å². The molecule has 3 aromatic heterocycles. The van der Waals surface area contributed by atoms with Crippen molar-refractivity contribution in [3.05, 3.63) is 127 Å². The van der Waals surface area contributed by atoms with Crippen molar-refractivity contribution < 1.29 is 18.7 Å². The molecule has 5 nitrogen and oxygen atoms in total. The highest BCUT2D eigenvalue weighted by Crippen LogP contribution is 2.19. The van der Waals surface area contributed by atoms with E-state index in [0.717, 1.165) is 16.4 Å². The van der Waals surface area contributed by atoms with Crippen LogP contribution in [0.25, 0.3) is 11.3 Å².